The SMILES string of the molecule is C=CC/C=C\NCCc1cccc(C2=NC(C3C=CC=CC3)=NC([C@@H]3Cc4ccccc4-c4ccccc43)N2)c1. The van der Waals surface area contributed by atoms with Gasteiger partial charge in [0.2, 0.25) is 0 Å². The molecule has 3 aromatic carbocycles. The summed E-state index contributed by atoms with van der Waals surface area (Å²) in [6.07, 6.45) is 18.2. The lowest BCUT2D eigenvalue weighted by Gasteiger charge is -2.35. The average Bonchev–Trinajstić information content (AvgIpc) is 3.02. The molecule has 0 spiro atoms. The number of hydrogen-bond acceptors (Lipinski definition) is 4. The second kappa shape index (κ2) is 12.2. The van der Waals surface area contributed by atoms with Crippen molar-refractivity contribution in [2.75, 3.05) is 6.54 Å². The van der Waals surface area contributed by atoms with E-state index in [0.29, 0.717) is 0 Å². The van der Waals surface area contributed by atoms with Crippen molar-refractivity contribution in [1.29, 1.82) is 0 Å². The van der Waals surface area contributed by atoms with E-state index in [-0.39, 0.29) is 18.0 Å². The molecule has 2 N–H and O–H groups in total. The third-order valence-corrected chi connectivity index (χ3v) is 7.88. The number of nitrogens with zero attached hydrogens (tertiary/aromatic N) is 2. The van der Waals surface area contributed by atoms with Crippen LogP contribution in [0, 0.1) is 5.92 Å². The van der Waals surface area contributed by atoms with E-state index in [9.17, 15) is 0 Å². The lowest BCUT2D eigenvalue weighted by molar-refractivity contribution is 0.493. The lowest BCUT2D eigenvalue weighted by Crippen LogP contribution is -2.44. The van der Waals surface area contributed by atoms with Gasteiger partial charge in [-0.15, -0.1) is 6.58 Å². The summed E-state index contributed by atoms with van der Waals surface area (Å²) in [5.41, 5.74) is 7.78. The van der Waals surface area contributed by atoms with E-state index in [4.69, 9.17) is 9.98 Å². The van der Waals surface area contributed by atoms with Crippen molar-refractivity contribution in [3.63, 3.8) is 0 Å². The summed E-state index contributed by atoms with van der Waals surface area (Å²) in [5.74, 6) is 2.22. The molecule has 3 atom stereocenters. The fraction of sp³-hybridized carbons (Fsp3) is 0.222. The Balaban J connectivity index is 1.30. The summed E-state index contributed by atoms with van der Waals surface area (Å²) >= 11 is 0. The van der Waals surface area contributed by atoms with Gasteiger partial charge in [0.25, 0.3) is 0 Å². The highest BCUT2D eigenvalue weighted by atomic mass is 15.2. The molecule has 0 saturated carbocycles. The maximum absolute atomic E-state index is 5.29. The molecule has 200 valence electrons. The number of amidine groups is 2. The molecular formula is C36H36N4. The van der Waals surface area contributed by atoms with Crippen molar-refractivity contribution >= 4 is 11.7 Å². The number of benzene rings is 3. The van der Waals surface area contributed by atoms with Crippen molar-refractivity contribution in [1.82, 2.24) is 10.6 Å². The Bertz CT molecular complexity index is 1520. The third kappa shape index (κ3) is 5.62. The smallest absolute Gasteiger partial charge is 0.137 e. The van der Waals surface area contributed by atoms with Gasteiger partial charge in [-0.1, -0.05) is 103 Å². The fourth-order valence-electron chi connectivity index (χ4n) is 5.86. The Hall–Kier alpha value is -4.44. The Labute approximate surface area is 237 Å². The molecule has 6 rings (SSSR count). The molecule has 3 aromatic rings. The Morgan fingerprint density at radius 2 is 1.85 bits per heavy atom. The van der Waals surface area contributed by atoms with Crippen molar-refractivity contribution in [2.24, 2.45) is 15.9 Å². The minimum atomic E-state index is -0.100. The van der Waals surface area contributed by atoms with Gasteiger partial charge in [0, 0.05) is 23.9 Å². The first kappa shape index (κ1) is 25.8. The number of allylic oxidation sites excluding steroid dienone is 5. The van der Waals surface area contributed by atoms with E-state index in [2.05, 4.69) is 120 Å². The predicted octanol–water partition coefficient (Wildman–Crippen LogP) is 7.12. The predicted molar refractivity (Wildman–Crippen MR) is 168 cm³/mol. The highest BCUT2D eigenvalue weighted by Crippen LogP contribution is 2.41. The fourth-order valence-corrected chi connectivity index (χ4v) is 5.86. The van der Waals surface area contributed by atoms with Crippen molar-refractivity contribution < 1.29 is 0 Å². The van der Waals surface area contributed by atoms with Crippen LogP contribution >= 0.6 is 0 Å². The van der Waals surface area contributed by atoms with Gasteiger partial charge in [-0.3, -0.25) is 0 Å². The molecule has 1 aliphatic heterocycles. The van der Waals surface area contributed by atoms with E-state index in [0.717, 1.165) is 49.5 Å². The molecule has 1 heterocycles. The van der Waals surface area contributed by atoms with Gasteiger partial charge in [-0.25, -0.2) is 9.98 Å². The van der Waals surface area contributed by atoms with Crippen LogP contribution in [0.5, 0.6) is 0 Å². The Morgan fingerprint density at radius 3 is 2.73 bits per heavy atom. The van der Waals surface area contributed by atoms with Crippen LogP contribution in [-0.4, -0.2) is 24.4 Å². The first-order valence-electron chi connectivity index (χ1n) is 14.3. The zero-order valence-corrected chi connectivity index (χ0v) is 22.8. The first-order chi connectivity index (χ1) is 19.8. The third-order valence-electron chi connectivity index (χ3n) is 7.88. The molecular weight excluding hydrogens is 488 g/mol. The number of aliphatic imine (C=N–C) groups is 2. The van der Waals surface area contributed by atoms with Gasteiger partial charge in [0.05, 0.1) is 0 Å². The van der Waals surface area contributed by atoms with E-state index in [1.165, 1.54) is 27.8 Å². The van der Waals surface area contributed by atoms with E-state index >= 15 is 0 Å². The first-order valence-corrected chi connectivity index (χ1v) is 14.3. The molecule has 0 radical (unpaired) electrons. The maximum Gasteiger partial charge on any atom is 0.137 e. The van der Waals surface area contributed by atoms with E-state index in [1.807, 2.05) is 12.3 Å². The quantitative estimate of drug-likeness (QED) is 0.231. The van der Waals surface area contributed by atoms with Crippen LogP contribution in [0.4, 0.5) is 0 Å². The van der Waals surface area contributed by atoms with E-state index in [1.54, 1.807) is 0 Å². The van der Waals surface area contributed by atoms with Crippen LogP contribution in [0.15, 0.2) is 132 Å². The molecule has 0 saturated heterocycles. The van der Waals surface area contributed by atoms with Crippen LogP contribution in [-0.2, 0) is 12.8 Å². The van der Waals surface area contributed by atoms with Crippen LogP contribution in [0.25, 0.3) is 11.1 Å². The molecule has 0 fully saturated rings. The molecule has 4 nitrogen and oxygen atoms in total. The molecule has 3 aliphatic rings. The zero-order valence-electron chi connectivity index (χ0n) is 22.8. The standard InChI is InChI=1S/C36H36N4/c1-2-3-11-22-37-23-21-26-13-12-17-29(24-26)35-38-34(27-14-5-4-6-15-27)39-36(40-35)33-25-28-16-7-8-18-30(28)31-19-9-10-20-32(31)33/h2,4-14,16-20,22,24,27,33,36-37H,1,3,15,21,23,25H2,(H,38,39,40)/b22-11-/t27?,33-,36?/m1/s1. The minimum absolute atomic E-state index is 0.100. The highest BCUT2D eigenvalue weighted by molar-refractivity contribution is 6.09. The van der Waals surface area contributed by atoms with E-state index < -0.39 is 0 Å². The summed E-state index contributed by atoms with van der Waals surface area (Å²) in [7, 11) is 0. The van der Waals surface area contributed by atoms with Crippen molar-refractivity contribution in [3.05, 3.63) is 144 Å². The minimum Gasteiger partial charge on any atom is -0.391 e. The van der Waals surface area contributed by atoms with Gasteiger partial charge in [0.15, 0.2) is 0 Å². The average molecular weight is 525 g/mol. The van der Waals surface area contributed by atoms with Crippen LogP contribution < -0.4 is 10.6 Å². The van der Waals surface area contributed by atoms with Crippen LogP contribution in [0.2, 0.25) is 0 Å². The molecule has 2 aliphatic carbocycles. The van der Waals surface area contributed by atoms with Gasteiger partial charge < -0.3 is 10.6 Å². The monoisotopic (exact) mass is 524 g/mol. The second-order valence-corrected chi connectivity index (χ2v) is 10.6. The molecule has 40 heavy (non-hydrogen) atoms. The summed E-state index contributed by atoms with van der Waals surface area (Å²) < 4.78 is 0. The van der Waals surface area contributed by atoms with Gasteiger partial charge >= 0.3 is 0 Å². The lowest BCUT2D eigenvalue weighted by atomic mass is 9.77. The summed E-state index contributed by atoms with van der Waals surface area (Å²) in [5, 5.41) is 7.16. The number of fused-ring (bicyclic) bond motifs is 3. The van der Waals surface area contributed by atoms with Crippen molar-refractivity contribution in [3.8, 4) is 11.1 Å². The van der Waals surface area contributed by atoms with Crippen LogP contribution in [0.1, 0.15) is 41.0 Å². The highest BCUT2D eigenvalue weighted by Gasteiger charge is 2.34. The largest absolute Gasteiger partial charge is 0.391 e. The molecule has 0 aromatic heterocycles. The maximum atomic E-state index is 5.29. The second-order valence-electron chi connectivity index (χ2n) is 10.6. The Morgan fingerprint density at radius 1 is 0.975 bits per heavy atom. The summed E-state index contributed by atoms with van der Waals surface area (Å²) in [6.45, 7) is 4.64. The van der Waals surface area contributed by atoms with Gasteiger partial charge in [0.1, 0.15) is 17.8 Å². The normalized spacial score (nSPS) is 21.1. The number of rotatable bonds is 9. The van der Waals surface area contributed by atoms with Crippen molar-refractivity contribution in [2.45, 2.75) is 37.8 Å². The number of nitrogens with one attached hydrogen (secondary N) is 2. The van der Waals surface area contributed by atoms with Gasteiger partial charge in [-0.2, -0.15) is 0 Å². The summed E-state index contributed by atoms with van der Waals surface area (Å²) in [4.78, 5) is 10.4. The Kier molecular flexibility index (Phi) is 7.85. The topological polar surface area (TPSA) is 48.8 Å². The molecule has 4 heteroatoms. The van der Waals surface area contributed by atoms with Crippen LogP contribution in [0.3, 0.4) is 0 Å². The number of hydrogen-bond donors (Lipinski definition) is 2. The molecule has 0 amide bonds. The molecule has 2 unspecified atom stereocenters. The zero-order chi connectivity index (χ0) is 27.1. The molecule has 0 bridgehead atoms. The van der Waals surface area contributed by atoms with Gasteiger partial charge in [-0.05, 0) is 65.8 Å². The summed E-state index contributed by atoms with van der Waals surface area (Å²) in [6, 6.07) is 26.4.